The Bertz CT molecular complexity index is 561. The first-order chi connectivity index (χ1) is 9.18. The Balaban J connectivity index is 2.77. The summed E-state index contributed by atoms with van der Waals surface area (Å²) >= 11 is 5.78. The van der Waals surface area contributed by atoms with Gasteiger partial charge in [-0.25, -0.2) is 18.1 Å². The Morgan fingerprint density at radius 1 is 1.50 bits per heavy atom. The lowest BCUT2D eigenvalue weighted by Crippen LogP contribution is -2.34. The largest absolute Gasteiger partial charge is 0.385 e. The minimum Gasteiger partial charge on any atom is -0.385 e. The van der Waals surface area contributed by atoms with Crippen LogP contribution in [0, 0.1) is 5.41 Å². The minimum atomic E-state index is -3.65. The van der Waals surface area contributed by atoms with Crippen molar-refractivity contribution in [1.29, 1.82) is 0 Å². The Morgan fingerprint density at radius 3 is 2.70 bits per heavy atom. The van der Waals surface area contributed by atoms with Crippen molar-refractivity contribution in [1.82, 2.24) is 9.71 Å². The lowest BCUT2D eigenvalue weighted by Gasteiger charge is -2.24. The highest BCUT2D eigenvalue weighted by Gasteiger charge is 2.22. The van der Waals surface area contributed by atoms with Crippen LogP contribution in [-0.2, 0) is 14.8 Å². The number of hydrogen-bond donors (Lipinski definition) is 2. The summed E-state index contributed by atoms with van der Waals surface area (Å²) in [6.07, 6.45) is 1.93. The zero-order valence-electron chi connectivity index (χ0n) is 11.8. The van der Waals surface area contributed by atoms with Gasteiger partial charge >= 0.3 is 0 Å². The van der Waals surface area contributed by atoms with Gasteiger partial charge < -0.3 is 10.5 Å². The molecule has 0 aromatic carbocycles. The summed E-state index contributed by atoms with van der Waals surface area (Å²) in [5, 5.41) is 0.117. The second-order valence-corrected chi connectivity index (χ2v) is 7.44. The van der Waals surface area contributed by atoms with Crippen molar-refractivity contribution in [2.24, 2.45) is 5.41 Å². The van der Waals surface area contributed by atoms with E-state index < -0.39 is 10.0 Å². The molecule has 1 rings (SSSR count). The lowest BCUT2D eigenvalue weighted by atomic mass is 9.90. The first-order valence-electron chi connectivity index (χ1n) is 6.07. The molecule has 0 radical (unpaired) electrons. The average Bonchev–Trinajstić information content (AvgIpc) is 2.37. The number of aromatic nitrogens is 1. The zero-order valence-corrected chi connectivity index (χ0v) is 13.4. The number of hydrogen-bond acceptors (Lipinski definition) is 5. The van der Waals surface area contributed by atoms with Gasteiger partial charge in [0.2, 0.25) is 10.0 Å². The molecule has 1 aromatic heterocycles. The molecule has 114 valence electrons. The predicted octanol–water partition coefficient (Wildman–Crippen LogP) is 1.66. The maximum atomic E-state index is 12.1. The third-order valence-electron chi connectivity index (χ3n) is 2.88. The van der Waals surface area contributed by atoms with Crippen LogP contribution in [0.3, 0.4) is 0 Å². The van der Waals surface area contributed by atoms with E-state index in [0.717, 1.165) is 6.42 Å². The van der Waals surface area contributed by atoms with Crippen molar-refractivity contribution in [2.45, 2.75) is 25.2 Å². The number of nitrogens with zero attached hydrogens (tertiary/aromatic N) is 1. The average molecular weight is 322 g/mol. The Hall–Kier alpha value is -0.890. The van der Waals surface area contributed by atoms with Crippen LogP contribution in [0.25, 0.3) is 0 Å². The van der Waals surface area contributed by atoms with E-state index in [2.05, 4.69) is 9.71 Å². The molecule has 3 N–H and O–H groups in total. The van der Waals surface area contributed by atoms with Gasteiger partial charge in [0.25, 0.3) is 0 Å². The Morgan fingerprint density at radius 2 is 2.15 bits per heavy atom. The van der Waals surface area contributed by atoms with Crippen LogP contribution in [0.2, 0.25) is 5.02 Å². The van der Waals surface area contributed by atoms with E-state index in [1.165, 1.54) is 12.3 Å². The molecular formula is C12H20ClN3O3S. The van der Waals surface area contributed by atoms with Gasteiger partial charge in [-0.15, -0.1) is 0 Å². The number of sulfonamides is 1. The normalized spacial score (nSPS) is 12.6. The summed E-state index contributed by atoms with van der Waals surface area (Å²) < 4.78 is 31.8. The van der Waals surface area contributed by atoms with Crippen molar-refractivity contribution in [2.75, 3.05) is 26.0 Å². The number of nitrogens with two attached hydrogens (primary N) is 1. The second-order valence-electron chi connectivity index (χ2n) is 5.27. The van der Waals surface area contributed by atoms with Crippen LogP contribution in [0.1, 0.15) is 20.3 Å². The van der Waals surface area contributed by atoms with Gasteiger partial charge in [-0.2, -0.15) is 0 Å². The third-order valence-corrected chi connectivity index (χ3v) is 4.55. The molecule has 0 spiro atoms. The van der Waals surface area contributed by atoms with E-state index in [9.17, 15) is 8.42 Å². The molecule has 0 saturated heterocycles. The summed E-state index contributed by atoms with van der Waals surface area (Å²) in [7, 11) is -2.04. The summed E-state index contributed by atoms with van der Waals surface area (Å²) in [5.41, 5.74) is 5.24. The molecule has 1 heterocycles. The van der Waals surface area contributed by atoms with Gasteiger partial charge in [-0.05, 0) is 17.9 Å². The molecule has 0 saturated carbocycles. The Labute approximate surface area is 124 Å². The van der Waals surface area contributed by atoms with Crippen LogP contribution < -0.4 is 10.5 Å². The SMILES string of the molecule is COCCC(C)(C)CNS(=O)(=O)c1cnc(N)c(Cl)c1. The highest BCUT2D eigenvalue weighted by atomic mass is 35.5. The van der Waals surface area contributed by atoms with Crippen molar-refractivity contribution < 1.29 is 13.2 Å². The molecule has 0 amide bonds. The van der Waals surface area contributed by atoms with Crippen molar-refractivity contribution in [3.05, 3.63) is 17.3 Å². The summed E-state index contributed by atoms with van der Waals surface area (Å²) in [6, 6.07) is 1.29. The van der Waals surface area contributed by atoms with Crippen LogP contribution >= 0.6 is 11.6 Å². The third kappa shape index (κ3) is 4.90. The van der Waals surface area contributed by atoms with E-state index in [0.29, 0.717) is 13.2 Å². The molecule has 0 bridgehead atoms. The number of methoxy groups -OCH3 is 1. The maximum absolute atomic E-state index is 12.1. The van der Waals surface area contributed by atoms with Gasteiger partial charge in [0.05, 0.1) is 5.02 Å². The second kappa shape index (κ2) is 6.71. The molecule has 0 aliphatic carbocycles. The fraction of sp³-hybridized carbons (Fsp3) is 0.583. The molecule has 0 unspecified atom stereocenters. The number of ether oxygens (including phenoxy) is 1. The quantitative estimate of drug-likeness (QED) is 0.796. The van der Waals surface area contributed by atoms with E-state index in [4.69, 9.17) is 22.1 Å². The molecule has 1 aromatic rings. The van der Waals surface area contributed by atoms with E-state index in [-0.39, 0.29) is 21.2 Å². The van der Waals surface area contributed by atoms with Gasteiger partial charge in [0.1, 0.15) is 10.7 Å². The molecule has 0 aliphatic heterocycles. The number of halogens is 1. The smallest absolute Gasteiger partial charge is 0.242 e. The van der Waals surface area contributed by atoms with Crippen LogP contribution in [0.15, 0.2) is 17.2 Å². The number of pyridine rings is 1. The molecule has 0 fully saturated rings. The number of nitrogen functional groups attached to an aromatic ring is 1. The summed E-state index contributed by atoms with van der Waals surface area (Å²) in [6.45, 7) is 4.79. The predicted molar refractivity (Wildman–Crippen MR) is 79.1 cm³/mol. The fourth-order valence-electron chi connectivity index (χ4n) is 1.42. The molecular weight excluding hydrogens is 302 g/mol. The number of rotatable bonds is 7. The fourth-order valence-corrected chi connectivity index (χ4v) is 2.86. The Kier molecular flexibility index (Phi) is 5.76. The van der Waals surface area contributed by atoms with E-state index in [1.807, 2.05) is 13.8 Å². The van der Waals surface area contributed by atoms with Gasteiger partial charge in [0.15, 0.2) is 0 Å². The zero-order chi connectivity index (χ0) is 15.4. The standard InChI is InChI=1S/C12H20ClN3O3S/c1-12(2,4-5-19-3)8-16-20(17,18)9-6-10(13)11(14)15-7-9/h6-7,16H,4-5,8H2,1-3H3,(H2,14,15). The van der Waals surface area contributed by atoms with Crippen LogP contribution in [-0.4, -0.2) is 33.7 Å². The van der Waals surface area contributed by atoms with Crippen molar-refractivity contribution >= 4 is 27.4 Å². The molecule has 6 nitrogen and oxygen atoms in total. The van der Waals surface area contributed by atoms with Gasteiger partial charge in [-0.3, -0.25) is 0 Å². The number of anilines is 1. The van der Waals surface area contributed by atoms with Gasteiger partial charge in [0, 0.05) is 26.5 Å². The molecule has 0 aliphatic rings. The van der Waals surface area contributed by atoms with Crippen molar-refractivity contribution in [3.63, 3.8) is 0 Å². The molecule has 20 heavy (non-hydrogen) atoms. The summed E-state index contributed by atoms with van der Waals surface area (Å²) in [4.78, 5) is 3.74. The van der Waals surface area contributed by atoms with E-state index >= 15 is 0 Å². The number of nitrogens with one attached hydrogen (secondary N) is 1. The first-order valence-corrected chi connectivity index (χ1v) is 7.94. The lowest BCUT2D eigenvalue weighted by molar-refractivity contribution is 0.153. The monoisotopic (exact) mass is 321 g/mol. The molecule has 8 heteroatoms. The minimum absolute atomic E-state index is 0.000702. The van der Waals surface area contributed by atoms with E-state index in [1.54, 1.807) is 7.11 Å². The highest BCUT2D eigenvalue weighted by Crippen LogP contribution is 2.22. The van der Waals surface area contributed by atoms with Crippen LogP contribution in [0.4, 0.5) is 5.82 Å². The van der Waals surface area contributed by atoms with Gasteiger partial charge in [-0.1, -0.05) is 25.4 Å². The topological polar surface area (TPSA) is 94.3 Å². The maximum Gasteiger partial charge on any atom is 0.242 e. The first kappa shape index (κ1) is 17.2. The molecule has 0 atom stereocenters. The summed E-state index contributed by atoms with van der Waals surface area (Å²) in [5.74, 6) is 0.103. The van der Waals surface area contributed by atoms with Crippen LogP contribution in [0.5, 0.6) is 0 Å². The van der Waals surface area contributed by atoms with Crippen molar-refractivity contribution in [3.8, 4) is 0 Å². The highest BCUT2D eigenvalue weighted by molar-refractivity contribution is 7.89.